The van der Waals surface area contributed by atoms with Crippen molar-refractivity contribution in [3.05, 3.63) is 29.7 Å². The summed E-state index contributed by atoms with van der Waals surface area (Å²) in [5.74, 6) is 0.950. The Balaban J connectivity index is 1.46. The molecule has 0 bridgehead atoms. The molecule has 2 aromatic rings. The van der Waals surface area contributed by atoms with Crippen LogP contribution in [0.5, 0.6) is 0 Å². The Morgan fingerprint density at radius 1 is 1.30 bits per heavy atom. The third-order valence-corrected chi connectivity index (χ3v) is 4.27. The van der Waals surface area contributed by atoms with Gasteiger partial charge in [-0.15, -0.1) is 0 Å². The molecular weight excluding hydrogens is 248 g/mol. The van der Waals surface area contributed by atoms with Crippen molar-refractivity contribution in [2.24, 2.45) is 5.92 Å². The number of hydrogen-bond acceptors (Lipinski definition) is 3. The van der Waals surface area contributed by atoms with E-state index in [0.29, 0.717) is 0 Å². The summed E-state index contributed by atoms with van der Waals surface area (Å²) in [6, 6.07) is 2.00. The number of aromatic nitrogens is 3. The van der Waals surface area contributed by atoms with E-state index in [1.54, 1.807) is 0 Å². The lowest BCUT2D eigenvalue weighted by Gasteiger charge is -2.21. The number of rotatable bonds is 5. The number of nitrogens with zero attached hydrogens (tertiary/aromatic N) is 3. The van der Waals surface area contributed by atoms with E-state index in [-0.39, 0.29) is 0 Å². The molecule has 0 aromatic carbocycles. The predicted octanol–water partition coefficient (Wildman–Crippen LogP) is 3.10. The molecule has 2 heterocycles. The molecule has 1 saturated carbocycles. The van der Waals surface area contributed by atoms with Crippen molar-refractivity contribution in [2.45, 2.75) is 52.0 Å². The highest BCUT2D eigenvalue weighted by atomic mass is 15.2. The second kappa shape index (κ2) is 6.35. The molecule has 1 N–H and O–H groups in total. The Hall–Kier alpha value is -1.42. The van der Waals surface area contributed by atoms with Gasteiger partial charge >= 0.3 is 0 Å². The van der Waals surface area contributed by atoms with Crippen molar-refractivity contribution < 1.29 is 0 Å². The Kier molecular flexibility index (Phi) is 4.31. The normalized spacial score (nSPS) is 16.9. The molecule has 4 nitrogen and oxygen atoms in total. The van der Waals surface area contributed by atoms with Crippen LogP contribution in [0.2, 0.25) is 0 Å². The fourth-order valence-corrected chi connectivity index (χ4v) is 3.14. The first kappa shape index (κ1) is 13.6. The van der Waals surface area contributed by atoms with Crippen LogP contribution < -0.4 is 5.32 Å². The predicted molar refractivity (Wildman–Crippen MR) is 80.6 cm³/mol. The van der Waals surface area contributed by atoms with Crippen molar-refractivity contribution in [3.63, 3.8) is 0 Å². The topological polar surface area (TPSA) is 42.2 Å². The first-order valence-electron chi connectivity index (χ1n) is 7.83. The van der Waals surface area contributed by atoms with Gasteiger partial charge in [0.05, 0.1) is 5.69 Å². The molecule has 0 amide bonds. The molecule has 108 valence electrons. The zero-order valence-electron chi connectivity index (χ0n) is 12.3. The van der Waals surface area contributed by atoms with Gasteiger partial charge in [-0.3, -0.25) is 0 Å². The average molecular weight is 272 g/mol. The summed E-state index contributed by atoms with van der Waals surface area (Å²) in [5, 5.41) is 7.94. The summed E-state index contributed by atoms with van der Waals surface area (Å²) in [6.07, 6.45) is 12.5. The molecule has 0 unspecified atom stereocenters. The number of hydrogen-bond donors (Lipinski definition) is 1. The molecule has 0 radical (unpaired) electrons. The lowest BCUT2D eigenvalue weighted by Crippen LogP contribution is -2.19. The fourth-order valence-electron chi connectivity index (χ4n) is 3.14. The summed E-state index contributed by atoms with van der Waals surface area (Å²) in [4.78, 5) is 4.43. The Labute approximate surface area is 120 Å². The van der Waals surface area contributed by atoms with E-state index in [0.717, 1.165) is 30.3 Å². The van der Waals surface area contributed by atoms with Crippen LogP contribution >= 0.6 is 0 Å². The molecule has 0 aliphatic heterocycles. The van der Waals surface area contributed by atoms with Gasteiger partial charge in [0.2, 0.25) is 0 Å². The fraction of sp³-hybridized carbons (Fsp3) is 0.625. The van der Waals surface area contributed by atoms with E-state index in [1.165, 1.54) is 44.1 Å². The first-order valence-corrected chi connectivity index (χ1v) is 7.83. The van der Waals surface area contributed by atoms with E-state index in [4.69, 9.17) is 0 Å². The maximum Gasteiger partial charge on any atom is 0.155 e. The molecule has 1 aliphatic carbocycles. The molecule has 1 fully saturated rings. The number of nitrogens with one attached hydrogen (secondary N) is 1. The van der Waals surface area contributed by atoms with Crippen LogP contribution in [0.15, 0.2) is 18.5 Å². The summed E-state index contributed by atoms with van der Waals surface area (Å²) < 4.78 is 1.87. The largest absolute Gasteiger partial charge is 0.313 e. The summed E-state index contributed by atoms with van der Waals surface area (Å²) in [6.45, 7) is 3.99. The highest BCUT2D eigenvalue weighted by molar-refractivity contribution is 5.38. The minimum Gasteiger partial charge on any atom is -0.313 e. The van der Waals surface area contributed by atoms with Gasteiger partial charge < -0.3 is 5.32 Å². The van der Waals surface area contributed by atoms with Crippen molar-refractivity contribution in [1.82, 2.24) is 19.9 Å². The minimum absolute atomic E-state index is 0.883. The van der Waals surface area contributed by atoms with E-state index in [9.17, 15) is 0 Å². The van der Waals surface area contributed by atoms with Crippen LogP contribution in [-0.4, -0.2) is 21.1 Å². The third kappa shape index (κ3) is 3.37. The van der Waals surface area contributed by atoms with Crippen LogP contribution in [0.4, 0.5) is 0 Å². The molecule has 0 saturated heterocycles. The Bertz CT molecular complexity index is 555. The van der Waals surface area contributed by atoms with Crippen molar-refractivity contribution in [1.29, 1.82) is 0 Å². The standard InChI is InChI=1S/C16H24N4/c1-13-9-16-18-11-15(12-20(16)19-13)10-17-8-7-14-5-3-2-4-6-14/h9,11-12,14,17H,2-8,10H2,1H3. The van der Waals surface area contributed by atoms with Crippen LogP contribution in [0.25, 0.3) is 5.65 Å². The van der Waals surface area contributed by atoms with Gasteiger partial charge in [0, 0.05) is 30.6 Å². The van der Waals surface area contributed by atoms with E-state index in [1.807, 2.05) is 23.7 Å². The minimum atomic E-state index is 0.883. The van der Waals surface area contributed by atoms with Crippen molar-refractivity contribution in [2.75, 3.05) is 6.54 Å². The highest BCUT2D eigenvalue weighted by Gasteiger charge is 2.12. The molecule has 3 rings (SSSR count). The first-order chi connectivity index (χ1) is 9.81. The molecule has 0 spiro atoms. The van der Waals surface area contributed by atoms with Gasteiger partial charge in [-0.1, -0.05) is 32.1 Å². The second-order valence-corrected chi connectivity index (χ2v) is 6.02. The van der Waals surface area contributed by atoms with Crippen LogP contribution in [0.1, 0.15) is 49.8 Å². The number of fused-ring (bicyclic) bond motifs is 1. The molecule has 1 aliphatic rings. The lowest BCUT2D eigenvalue weighted by molar-refractivity contribution is 0.334. The lowest BCUT2D eigenvalue weighted by atomic mass is 9.87. The van der Waals surface area contributed by atoms with E-state index >= 15 is 0 Å². The van der Waals surface area contributed by atoms with Crippen molar-refractivity contribution in [3.8, 4) is 0 Å². The molecule has 20 heavy (non-hydrogen) atoms. The second-order valence-electron chi connectivity index (χ2n) is 6.02. The summed E-state index contributed by atoms with van der Waals surface area (Å²) in [7, 11) is 0. The van der Waals surface area contributed by atoms with Gasteiger partial charge in [0.25, 0.3) is 0 Å². The summed E-state index contributed by atoms with van der Waals surface area (Å²) in [5.41, 5.74) is 3.14. The average Bonchev–Trinajstić information content (AvgIpc) is 2.84. The Morgan fingerprint density at radius 2 is 2.15 bits per heavy atom. The van der Waals surface area contributed by atoms with E-state index < -0.39 is 0 Å². The van der Waals surface area contributed by atoms with Gasteiger partial charge in [-0.2, -0.15) is 5.10 Å². The highest BCUT2D eigenvalue weighted by Crippen LogP contribution is 2.25. The van der Waals surface area contributed by atoms with Crippen molar-refractivity contribution >= 4 is 5.65 Å². The molecular formula is C16H24N4. The number of aryl methyl sites for hydroxylation is 1. The van der Waals surface area contributed by atoms with Crippen LogP contribution in [-0.2, 0) is 6.54 Å². The van der Waals surface area contributed by atoms with E-state index in [2.05, 4.69) is 21.6 Å². The van der Waals surface area contributed by atoms with Crippen LogP contribution in [0, 0.1) is 12.8 Å². The maximum atomic E-state index is 4.43. The monoisotopic (exact) mass is 272 g/mol. The third-order valence-electron chi connectivity index (χ3n) is 4.27. The molecule has 0 atom stereocenters. The SMILES string of the molecule is Cc1cc2ncc(CNCCC3CCCCC3)cn2n1. The Morgan fingerprint density at radius 3 is 3.00 bits per heavy atom. The zero-order valence-corrected chi connectivity index (χ0v) is 12.3. The van der Waals surface area contributed by atoms with Gasteiger partial charge in [-0.25, -0.2) is 9.50 Å². The zero-order chi connectivity index (χ0) is 13.8. The summed E-state index contributed by atoms with van der Waals surface area (Å²) >= 11 is 0. The maximum absolute atomic E-state index is 4.43. The van der Waals surface area contributed by atoms with Gasteiger partial charge in [-0.05, 0) is 25.8 Å². The smallest absolute Gasteiger partial charge is 0.155 e. The quantitative estimate of drug-likeness (QED) is 0.850. The van der Waals surface area contributed by atoms with Gasteiger partial charge in [0.1, 0.15) is 0 Å². The van der Waals surface area contributed by atoms with Crippen LogP contribution in [0.3, 0.4) is 0 Å². The van der Waals surface area contributed by atoms with Gasteiger partial charge in [0.15, 0.2) is 5.65 Å². The molecule has 4 heteroatoms. The molecule has 2 aromatic heterocycles.